The molecule has 0 radical (unpaired) electrons. The molecule has 148 valence electrons. The zero-order chi connectivity index (χ0) is 20.8. The van der Waals surface area contributed by atoms with E-state index in [2.05, 4.69) is 9.97 Å². The Hall–Kier alpha value is -4.19. The molecule has 5 aromatic rings. The molecule has 0 saturated heterocycles. The van der Waals surface area contributed by atoms with Crippen LogP contribution in [0, 0.1) is 6.92 Å². The number of nitrogens with one attached hydrogen (secondary N) is 1. The Bertz CT molecular complexity index is 1380. The fraction of sp³-hybridized carbons (Fsp3) is 0.0417. The minimum absolute atomic E-state index is 0.128. The second-order valence-corrected chi connectivity index (χ2v) is 7.25. The molecule has 3 aromatic carbocycles. The summed E-state index contributed by atoms with van der Waals surface area (Å²) < 4.78 is 1.63. The highest BCUT2D eigenvalue weighted by atomic mass is 16.3. The SMILES string of the molecule is Cc1cccc(-c2c(-c3ccc(O)cc3)c(O)c(O)n2-c2ccc3nc[nH]c3c2)c1. The summed E-state index contributed by atoms with van der Waals surface area (Å²) in [6.45, 7) is 1.99. The first kappa shape index (κ1) is 17.9. The first-order chi connectivity index (χ1) is 14.5. The van der Waals surface area contributed by atoms with Crippen molar-refractivity contribution in [2.45, 2.75) is 6.92 Å². The number of nitrogens with zero attached hydrogens (tertiary/aromatic N) is 2. The van der Waals surface area contributed by atoms with Gasteiger partial charge in [0.25, 0.3) is 0 Å². The second-order valence-electron chi connectivity index (χ2n) is 7.25. The zero-order valence-electron chi connectivity index (χ0n) is 16.2. The third kappa shape index (κ3) is 2.78. The fourth-order valence-corrected chi connectivity index (χ4v) is 3.83. The number of hydrogen-bond acceptors (Lipinski definition) is 4. The van der Waals surface area contributed by atoms with Gasteiger partial charge in [0.05, 0.1) is 34.3 Å². The lowest BCUT2D eigenvalue weighted by molar-refractivity contribution is 0.388. The number of benzene rings is 3. The normalized spacial score (nSPS) is 11.2. The van der Waals surface area contributed by atoms with Crippen LogP contribution in [-0.2, 0) is 0 Å². The highest BCUT2D eigenvalue weighted by molar-refractivity contribution is 5.91. The number of aromatic amines is 1. The van der Waals surface area contributed by atoms with E-state index in [4.69, 9.17) is 0 Å². The smallest absolute Gasteiger partial charge is 0.240 e. The Morgan fingerprint density at radius 1 is 0.867 bits per heavy atom. The van der Waals surface area contributed by atoms with Crippen LogP contribution in [0.5, 0.6) is 17.4 Å². The van der Waals surface area contributed by atoms with E-state index in [9.17, 15) is 15.3 Å². The number of aromatic nitrogens is 3. The van der Waals surface area contributed by atoms with Gasteiger partial charge >= 0.3 is 0 Å². The Kier molecular flexibility index (Phi) is 3.99. The third-order valence-electron chi connectivity index (χ3n) is 5.23. The van der Waals surface area contributed by atoms with Crippen LogP contribution < -0.4 is 0 Å². The van der Waals surface area contributed by atoms with Gasteiger partial charge < -0.3 is 20.3 Å². The molecule has 5 rings (SSSR count). The van der Waals surface area contributed by atoms with Crippen LogP contribution in [0.2, 0.25) is 0 Å². The topological polar surface area (TPSA) is 94.3 Å². The van der Waals surface area contributed by atoms with Crippen LogP contribution in [0.15, 0.2) is 73.1 Å². The predicted octanol–water partition coefficient (Wildman–Crippen LogP) is 5.11. The summed E-state index contributed by atoms with van der Waals surface area (Å²) in [4.78, 5) is 7.33. The predicted molar refractivity (Wildman–Crippen MR) is 116 cm³/mol. The molecule has 4 N–H and O–H groups in total. The van der Waals surface area contributed by atoms with Crippen molar-refractivity contribution in [2.24, 2.45) is 0 Å². The van der Waals surface area contributed by atoms with Gasteiger partial charge in [-0.15, -0.1) is 0 Å². The number of fused-ring (bicyclic) bond motifs is 1. The molecule has 2 heterocycles. The largest absolute Gasteiger partial charge is 0.508 e. The third-order valence-corrected chi connectivity index (χ3v) is 5.23. The monoisotopic (exact) mass is 397 g/mol. The lowest BCUT2D eigenvalue weighted by Gasteiger charge is -2.13. The molecular weight excluding hydrogens is 378 g/mol. The van der Waals surface area contributed by atoms with Crippen molar-refractivity contribution in [3.8, 4) is 45.5 Å². The molecule has 0 aliphatic rings. The summed E-state index contributed by atoms with van der Waals surface area (Å²) in [7, 11) is 0. The van der Waals surface area contributed by atoms with E-state index in [1.165, 1.54) is 0 Å². The number of phenolic OH excluding ortho intramolecular Hbond substituents is 1. The molecule has 0 aliphatic heterocycles. The van der Waals surface area contributed by atoms with Crippen molar-refractivity contribution in [2.75, 3.05) is 0 Å². The van der Waals surface area contributed by atoms with Crippen LogP contribution in [0.25, 0.3) is 39.1 Å². The second kappa shape index (κ2) is 6.70. The summed E-state index contributed by atoms with van der Waals surface area (Å²) in [5.74, 6) is -0.348. The maximum absolute atomic E-state index is 11.0. The maximum Gasteiger partial charge on any atom is 0.240 e. The van der Waals surface area contributed by atoms with E-state index < -0.39 is 0 Å². The van der Waals surface area contributed by atoms with Crippen LogP contribution in [-0.4, -0.2) is 29.9 Å². The summed E-state index contributed by atoms with van der Waals surface area (Å²) in [5, 5.41) is 31.6. The first-order valence-corrected chi connectivity index (χ1v) is 9.49. The number of H-pyrrole nitrogens is 1. The Labute approximate surface area is 172 Å². The maximum atomic E-state index is 11.0. The van der Waals surface area contributed by atoms with Gasteiger partial charge in [0.15, 0.2) is 5.75 Å². The lowest BCUT2D eigenvalue weighted by atomic mass is 9.99. The molecule has 0 atom stereocenters. The van der Waals surface area contributed by atoms with Gasteiger partial charge in [0.1, 0.15) is 5.75 Å². The fourth-order valence-electron chi connectivity index (χ4n) is 3.83. The summed E-state index contributed by atoms with van der Waals surface area (Å²) >= 11 is 0. The number of imidazole rings is 1. The van der Waals surface area contributed by atoms with E-state index in [0.29, 0.717) is 22.5 Å². The molecule has 0 saturated carbocycles. The van der Waals surface area contributed by atoms with Crippen molar-refractivity contribution in [3.63, 3.8) is 0 Å². The molecule has 2 aromatic heterocycles. The number of rotatable bonds is 3. The number of aryl methyl sites for hydroxylation is 1. The van der Waals surface area contributed by atoms with Gasteiger partial charge in [-0.2, -0.15) is 0 Å². The summed E-state index contributed by atoms with van der Waals surface area (Å²) in [6, 6.07) is 20.0. The zero-order valence-corrected chi connectivity index (χ0v) is 16.2. The number of phenols is 1. The quantitative estimate of drug-likeness (QED) is 0.340. The first-order valence-electron chi connectivity index (χ1n) is 9.49. The minimum atomic E-state index is -0.256. The number of hydrogen-bond donors (Lipinski definition) is 4. The Morgan fingerprint density at radius 3 is 2.43 bits per heavy atom. The molecule has 0 unspecified atom stereocenters. The van der Waals surface area contributed by atoms with Crippen LogP contribution in [0.4, 0.5) is 0 Å². The van der Waals surface area contributed by atoms with Crippen LogP contribution in [0.3, 0.4) is 0 Å². The molecule has 6 nitrogen and oxygen atoms in total. The molecule has 6 heteroatoms. The van der Waals surface area contributed by atoms with Crippen molar-refractivity contribution in [3.05, 3.63) is 78.6 Å². The van der Waals surface area contributed by atoms with E-state index in [-0.39, 0.29) is 17.4 Å². The van der Waals surface area contributed by atoms with Gasteiger partial charge in [-0.1, -0.05) is 35.9 Å². The van der Waals surface area contributed by atoms with Crippen molar-refractivity contribution in [1.82, 2.24) is 14.5 Å². The number of aromatic hydroxyl groups is 3. The highest BCUT2D eigenvalue weighted by Crippen LogP contribution is 2.48. The van der Waals surface area contributed by atoms with Gasteiger partial charge in [0.2, 0.25) is 5.88 Å². The molecule has 0 aliphatic carbocycles. The van der Waals surface area contributed by atoms with Crippen molar-refractivity contribution >= 4 is 11.0 Å². The molecule has 0 amide bonds. The molecule has 0 bridgehead atoms. The molecule has 0 spiro atoms. The van der Waals surface area contributed by atoms with Crippen LogP contribution in [0.1, 0.15) is 5.56 Å². The van der Waals surface area contributed by atoms with Crippen molar-refractivity contribution < 1.29 is 15.3 Å². The Morgan fingerprint density at radius 2 is 1.67 bits per heavy atom. The standard InChI is InChI=1S/C24H19N3O3/c1-14-3-2-4-16(11-14)22-21(15-5-8-18(28)9-6-15)23(29)24(30)27(22)17-7-10-19-20(12-17)26-13-25-19/h2-13,28-30H,1H3,(H,25,26). The molecule has 0 fully saturated rings. The van der Waals surface area contributed by atoms with Gasteiger partial charge in [-0.25, -0.2) is 4.98 Å². The van der Waals surface area contributed by atoms with E-state index in [0.717, 1.165) is 22.2 Å². The van der Waals surface area contributed by atoms with Gasteiger partial charge in [-0.3, -0.25) is 4.57 Å². The average molecular weight is 397 g/mol. The minimum Gasteiger partial charge on any atom is -0.508 e. The summed E-state index contributed by atoms with van der Waals surface area (Å²) in [6.07, 6.45) is 1.62. The summed E-state index contributed by atoms with van der Waals surface area (Å²) in [5.41, 5.74) is 6.03. The van der Waals surface area contributed by atoms with E-state index >= 15 is 0 Å². The molecule has 30 heavy (non-hydrogen) atoms. The average Bonchev–Trinajstić information content (AvgIpc) is 3.31. The van der Waals surface area contributed by atoms with E-state index in [1.807, 2.05) is 49.4 Å². The molecular formula is C24H19N3O3. The lowest BCUT2D eigenvalue weighted by Crippen LogP contribution is -1.97. The van der Waals surface area contributed by atoms with Crippen LogP contribution >= 0.6 is 0 Å². The van der Waals surface area contributed by atoms with E-state index in [1.54, 1.807) is 35.2 Å². The van der Waals surface area contributed by atoms with Gasteiger partial charge in [0, 0.05) is 0 Å². The van der Waals surface area contributed by atoms with Gasteiger partial charge in [-0.05, 0) is 54.4 Å². The Balaban J connectivity index is 1.86. The van der Waals surface area contributed by atoms with Crippen molar-refractivity contribution in [1.29, 1.82) is 0 Å². The highest BCUT2D eigenvalue weighted by Gasteiger charge is 2.26.